The number of carbonyl (C=O) groups is 6. The zero-order chi connectivity index (χ0) is 29.1. The van der Waals surface area contributed by atoms with Gasteiger partial charge in [-0.05, 0) is 75.4 Å². The monoisotopic (exact) mass is 559 g/mol. The van der Waals surface area contributed by atoms with Crippen LogP contribution in [-0.2, 0) is 19.2 Å². The summed E-state index contributed by atoms with van der Waals surface area (Å²) in [6.07, 6.45) is 4.67. The van der Waals surface area contributed by atoms with Gasteiger partial charge in [-0.15, -0.1) is 0 Å². The van der Waals surface area contributed by atoms with Crippen LogP contribution < -0.4 is 21.3 Å². The number of amides is 4. The average Bonchev–Trinajstić information content (AvgIpc) is 2.97. The zero-order valence-electron chi connectivity index (χ0n) is 22.3. The standard InChI is InChI=1S/C27H37N5O8/c33-22(15-30-24(35)18-4-6-19(7-5-18)26(37)38)31-21(27(39)40)14-29-25(36)20-2-1-13-32(16-20)23(34)8-3-17-9-11-28-12-10-17/h4-7,17,20-21,28H,1-3,8-16H2,(H,29,36)(H,30,35)(H,31,33)(H,37,38)(H,39,40)/t20-,21?/m1/s1. The molecular weight excluding hydrogens is 522 g/mol. The quantitative estimate of drug-likeness (QED) is 0.201. The van der Waals surface area contributed by atoms with E-state index in [9.17, 15) is 33.9 Å². The maximum atomic E-state index is 12.8. The molecule has 2 aliphatic heterocycles. The van der Waals surface area contributed by atoms with Crippen LogP contribution in [0.4, 0.5) is 0 Å². The first kappa shape index (κ1) is 30.5. The summed E-state index contributed by atoms with van der Waals surface area (Å²) in [6, 6.07) is 3.66. The number of hydrogen-bond donors (Lipinski definition) is 6. The topological polar surface area (TPSA) is 194 Å². The molecule has 0 saturated carbocycles. The van der Waals surface area contributed by atoms with Crippen LogP contribution in [0.2, 0.25) is 0 Å². The molecule has 2 atom stereocenters. The average molecular weight is 560 g/mol. The normalized spacial score (nSPS) is 18.3. The van der Waals surface area contributed by atoms with Crippen molar-refractivity contribution in [2.75, 3.05) is 39.3 Å². The third-order valence-corrected chi connectivity index (χ3v) is 7.29. The number of benzene rings is 1. The first-order valence-corrected chi connectivity index (χ1v) is 13.5. The lowest BCUT2D eigenvalue weighted by molar-refractivity contribution is -0.141. The first-order chi connectivity index (χ1) is 19.1. The molecule has 1 aromatic carbocycles. The summed E-state index contributed by atoms with van der Waals surface area (Å²) in [5, 5.41) is 28.9. The summed E-state index contributed by atoms with van der Waals surface area (Å²) in [5.74, 6) is -4.19. The van der Waals surface area contributed by atoms with Gasteiger partial charge < -0.3 is 36.4 Å². The highest BCUT2D eigenvalue weighted by Crippen LogP contribution is 2.21. The highest BCUT2D eigenvalue weighted by atomic mass is 16.4. The Morgan fingerprint density at radius 3 is 2.27 bits per heavy atom. The molecule has 2 aliphatic rings. The second-order valence-corrected chi connectivity index (χ2v) is 10.2. The van der Waals surface area contributed by atoms with Crippen LogP contribution in [0.1, 0.15) is 59.2 Å². The maximum Gasteiger partial charge on any atom is 0.335 e. The molecule has 0 radical (unpaired) electrons. The second-order valence-electron chi connectivity index (χ2n) is 10.2. The number of nitrogens with one attached hydrogen (secondary N) is 4. The highest BCUT2D eigenvalue weighted by Gasteiger charge is 2.30. The number of hydrogen-bond acceptors (Lipinski definition) is 7. The maximum absolute atomic E-state index is 12.8. The minimum atomic E-state index is -1.42. The first-order valence-electron chi connectivity index (χ1n) is 13.5. The molecule has 40 heavy (non-hydrogen) atoms. The van der Waals surface area contributed by atoms with E-state index < -0.39 is 42.3 Å². The lowest BCUT2D eigenvalue weighted by Gasteiger charge is -2.33. The largest absolute Gasteiger partial charge is 0.480 e. The van der Waals surface area contributed by atoms with E-state index in [-0.39, 0.29) is 36.0 Å². The van der Waals surface area contributed by atoms with Gasteiger partial charge in [-0.3, -0.25) is 19.2 Å². The number of carboxylic acids is 2. The van der Waals surface area contributed by atoms with Crippen LogP contribution in [0.3, 0.4) is 0 Å². The molecule has 218 valence electrons. The van der Waals surface area contributed by atoms with Crippen molar-refractivity contribution in [3.8, 4) is 0 Å². The molecular formula is C27H37N5O8. The Balaban J connectivity index is 1.41. The Bertz CT molecular complexity index is 1090. The lowest BCUT2D eigenvalue weighted by Crippen LogP contribution is -2.52. The second kappa shape index (κ2) is 15.0. The molecule has 0 aliphatic carbocycles. The summed E-state index contributed by atoms with van der Waals surface area (Å²) in [7, 11) is 0. The summed E-state index contributed by atoms with van der Waals surface area (Å²) in [4.78, 5) is 74.2. The Kier molecular flexibility index (Phi) is 11.4. The SMILES string of the molecule is O=C(CNC(=O)c1ccc(C(=O)O)cc1)NC(CNC(=O)[C@@H]1CCCN(C(=O)CCC2CCNCC2)C1)C(=O)O. The Morgan fingerprint density at radius 1 is 0.950 bits per heavy atom. The van der Waals surface area contributed by atoms with Crippen molar-refractivity contribution < 1.29 is 39.0 Å². The molecule has 13 heteroatoms. The highest BCUT2D eigenvalue weighted by molar-refractivity contribution is 5.98. The van der Waals surface area contributed by atoms with Crippen molar-refractivity contribution in [2.24, 2.45) is 11.8 Å². The lowest BCUT2D eigenvalue weighted by atomic mass is 9.92. The summed E-state index contributed by atoms with van der Waals surface area (Å²) in [6.45, 7) is 1.95. The number of nitrogens with zero attached hydrogens (tertiary/aromatic N) is 1. The van der Waals surface area contributed by atoms with E-state index in [0.29, 0.717) is 31.7 Å². The van der Waals surface area contributed by atoms with Gasteiger partial charge in [-0.1, -0.05) is 0 Å². The van der Waals surface area contributed by atoms with Crippen LogP contribution >= 0.6 is 0 Å². The van der Waals surface area contributed by atoms with E-state index in [0.717, 1.165) is 32.4 Å². The van der Waals surface area contributed by atoms with Gasteiger partial charge >= 0.3 is 11.9 Å². The third kappa shape index (κ3) is 9.33. The van der Waals surface area contributed by atoms with E-state index in [2.05, 4.69) is 21.3 Å². The Hall–Kier alpha value is -4.00. The zero-order valence-corrected chi connectivity index (χ0v) is 22.3. The summed E-state index contributed by atoms with van der Waals surface area (Å²) < 4.78 is 0. The molecule has 1 aromatic rings. The molecule has 6 N–H and O–H groups in total. The minimum Gasteiger partial charge on any atom is -0.480 e. The number of aromatic carboxylic acids is 1. The van der Waals surface area contributed by atoms with Gasteiger partial charge in [0.2, 0.25) is 17.7 Å². The predicted octanol–water partition coefficient (Wildman–Crippen LogP) is -0.181. The van der Waals surface area contributed by atoms with E-state index in [1.54, 1.807) is 4.90 Å². The van der Waals surface area contributed by atoms with E-state index in [1.165, 1.54) is 24.3 Å². The number of carbonyl (C=O) groups excluding carboxylic acids is 4. The van der Waals surface area contributed by atoms with Gasteiger partial charge in [-0.25, -0.2) is 9.59 Å². The molecule has 0 spiro atoms. The van der Waals surface area contributed by atoms with Crippen LogP contribution in [0.25, 0.3) is 0 Å². The number of carboxylic acid groups (broad SMARTS) is 2. The summed E-state index contributed by atoms with van der Waals surface area (Å²) >= 11 is 0. The number of rotatable bonds is 12. The molecule has 13 nitrogen and oxygen atoms in total. The van der Waals surface area contributed by atoms with Gasteiger partial charge in [-0.2, -0.15) is 0 Å². The Labute approximate surface area is 232 Å². The van der Waals surface area contributed by atoms with Crippen LogP contribution in [-0.4, -0.2) is 96.0 Å². The number of piperidine rings is 2. The van der Waals surface area contributed by atoms with Gasteiger partial charge in [0.1, 0.15) is 6.04 Å². The molecule has 0 bridgehead atoms. The van der Waals surface area contributed by atoms with Crippen LogP contribution in [0, 0.1) is 11.8 Å². The van der Waals surface area contributed by atoms with Crippen molar-refractivity contribution in [2.45, 2.75) is 44.6 Å². The smallest absolute Gasteiger partial charge is 0.335 e. The fraction of sp³-hybridized carbons (Fsp3) is 0.556. The number of aliphatic carboxylic acids is 1. The van der Waals surface area contributed by atoms with E-state index in [1.807, 2.05) is 0 Å². The van der Waals surface area contributed by atoms with Gasteiger partial charge in [0.05, 0.1) is 18.0 Å². The molecule has 2 saturated heterocycles. The van der Waals surface area contributed by atoms with E-state index >= 15 is 0 Å². The predicted molar refractivity (Wildman–Crippen MR) is 142 cm³/mol. The fourth-order valence-corrected chi connectivity index (χ4v) is 4.89. The molecule has 3 rings (SSSR count). The van der Waals surface area contributed by atoms with Gasteiger partial charge in [0, 0.05) is 31.6 Å². The fourth-order valence-electron chi connectivity index (χ4n) is 4.89. The minimum absolute atomic E-state index is 0.000734. The van der Waals surface area contributed by atoms with Crippen LogP contribution in [0.5, 0.6) is 0 Å². The Morgan fingerprint density at radius 2 is 1.62 bits per heavy atom. The molecule has 1 unspecified atom stereocenters. The molecule has 2 heterocycles. The van der Waals surface area contributed by atoms with Crippen LogP contribution in [0.15, 0.2) is 24.3 Å². The van der Waals surface area contributed by atoms with Crippen molar-refractivity contribution in [1.29, 1.82) is 0 Å². The number of likely N-dealkylation sites (tertiary alicyclic amines) is 1. The van der Waals surface area contributed by atoms with Crippen molar-refractivity contribution >= 4 is 35.6 Å². The van der Waals surface area contributed by atoms with E-state index in [4.69, 9.17) is 5.11 Å². The molecule has 4 amide bonds. The van der Waals surface area contributed by atoms with Gasteiger partial charge in [0.15, 0.2) is 0 Å². The van der Waals surface area contributed by atoms with Crippen molar-refractivity contribution in [1.82, 2.24) is 26.2 Å². The molecule has 2 fully saturated rings. The van der Waals surface area contributed by atoms with Crippen molar-refractivity contribution in [3.05, 3.63) is 35.4 Å². The molecule has 0 aromatic heterocycles. The van der Waals surface area contributed by atoms with Gasteiger partial charge in [0.25, 0.3) is 5.91 Å². The summed E-state index contributed by atoms with van der Waals surface area (Å²) in [5.41, 5.74) is 0.131. The third-order valence-electron chi connectivity index (χ3n) is 7.29. The van der Waals surface area contributed by atoms with Crippen molar-refractivity contribution in [3.63, 3.8) is 0 Å².